The van der Waals surface area contributed by atoms with Crippen LogP contribution in [-0.2, 0) is 9.59 Å². The Morgan fingerprint density at radius 1 is 1.15 bits per heavy atom. The Balaban J connectivity index is 1.50. The third-order valence-electron chi connectivity index (χ3n) is 5.45. The molecule has 2 heterocycles. The molecule has 2 aromatic carbocycles. The summed E-state index contributed by atoms with van der Waals surface area (Å²) in [5.41, 5.74) is 4.79. The summed E-state index contributed by atoms with van der Waals surface area (Å²) in [5.74, 6) is 0.975. The van der Waals surface area contributed by atoms with E-state index in [1.54, 1.807) is 10.7 Å². The quantitative estimate of drug-likeness (QED) is 0.571. The predicted molar refractivity (Wildman–Crippen MR) is 124 cm³/mol. The van der Waals surface area contributed by atoms with E-state index < -0.39 is 0 Å². The van der Waals surface area contributed by atoms with Crippen LogP contribution in [0.25, 0.3) is 0 Å². The summed E-state index contributed by atoms with van der Waals surface area (Å²) in [6.07, 6.45) is 1.64. The molecular formula is C24H27N5O4. The fourth-order valence-electron chi connectivity index (χ4n) is 4.08. The lowest BCUT2D eigenvalue weighted by Gasteiger charge is -2.24. The highest BCUT2D eigenvalue weighted by Gasteiger charge is 2.28. The summed E-state index contributed by atoms with van der Waals surface area (Å²) in [4.78, 5) is 28.7. The van der Waals surface area contributed by atoms with Crippen molar-refractivity contribution in [3.8, 4) is 11.5 Å². The van der Waals surface area contributed by atoms with Crippen LogP contribution in [0, 0.1) is 20.8 Å². The Kier molecular flexibility index (Phi) is 6.30. The summed E-state index contributed by atoms with van der Waals surface area (Å²) >= 11 is 0. The molecule has 0 fully saturated rings. The van der Waals surface area contributed by atoms with Crippen LogP contribution in [-0.4, -0.2) is 39.8 Å². The van der Waals surface area contributed by atoms with E-state index in [0.29, 0.717) is 24.1 Å². The number of aryl methyl sites for hydroxylation is 3. The Labute approximate surface area is 192 Å². The van der Waals surface area contributed by atoms with Gasteiger partial charge in [0.15, 0.2) is 18.1 Å². The number of hydrogen-bond donors (Lipinski definition) is 2. The molecule has 2 N–H and O–H groups in total. The molecule has 0 unspecified atom stereocenters. The van der Waals surface area contributed by atoms with Gasteiger partial charge in [-0.3, -0.25) is 14.9 Å². The second kappa shape index (κ2) is 9.32. The predicted octanol–water partition coefficient (Wildman–Crippen LogP) is 3.55. The molecular weight excluding hydrogens is 422 g/mol. The van der Waals surface area contributed by atoms with Crippen LogP contribution in [0.3, 0.4) is 0 Å². The number of rotatable bonds is 7. The fraction of sp³-hybridized carbons (Fsp3) is 0.333. The lowest BCUT2D eigenvalue weighted by Crippen LogP contribution is -2.29. The Morgan fingerprint density at radius 3 is 2.64 bits per heavy atom. The molecule has 1 aliphatic rings. The Morgan fingerprint density at radius 2 is 1.91 bits per heavy atom. The molecule has 0 saturated heterocycles. The van der Waals surface area contributed by atoms with Gasteiger partial charge in [-0.2, -0.15) is 10.1 Å². The standard InChI is InChI=1S/C24H27N5O4/c1-5-32-20-10-17(18-11-21(30)28-24-25-13-26-29(18)24)6-7-19(20)33-12-22(31)27-23-15(3)8-14(2)9-16(23)4/h6-10,13,18H,5,11-12H2,1-4H3,(H,27,31)(H,25,26,28,30)/t18-/m0/s1. The third kappa shape index (κ3) is 4.82. The van der Waals surface area contributed by atoms with Gasteiger partial charge in [0.05, 0.1) is 19.1 Å². The molecule has 0 aliphatic carbocycles. The van der Waals surface area contributed by atoms with Gasteiger partial charge in [0.2, 0.25) is 11.9 Å². The molecule has 1 aromatic heterocycles. The van der Waals surface area contributed by atoms with E-state index in [2.05, 4.69) is 20.7 Å². The minimum absolute atomic E-state index is 0.128. The highest BCUT2D eigenvalue weighted by atomic mass is 16.5. The van der Waals surface area contributed by atoms with Crippen molar-refractivity contribution in [2.45, 2.75) is 40.2 Å². The molecule has 9 heteroatoms. The zero-order valence-corrected chi connectivity index (χ0v) is 19.1. The molecule has 3 aromatic rings. The highest BCUT2D eigenvalue weighted by Crippen LogP contribution is 2.35. The first-order valence-electron chi connectivity index (χ1n) is 10.8. The van der Waals surface area contributed by atoms with Crippen LogP contribution in [0.15, 0.2) is 36.7 Å². The Bertz CT molecular complexity index is 1180. The van der Waals surface area contributed by atoms with Crippen molar-refractivity contribution >= 4 is 23.5 Å². The van der Waals surface area contributed by atoms with Crippen molar-refractivity contribution in [2.24, 2.45) is 0 Å². The van der Waals surface area contributed by atoms with Gasteiger partial charge in [0, 0.05) is 5.69 Å². The van der Waals surface area contributed by atoms with Crippen molar-refractivity contribution in [3.05, 3.63) is 58.9 Å². The number of anilines is 2. The second-order valence-corrected chi connectivity index (χ2v) is 8.05. The first-order valence-corrected chi connectivity index (χ1v) is 10.8. The number of aromatic nitrogens is 3. The number of hydrogen-bond acceptors (Lipinski definition) is 6. The zero-order chi connectivity index (χ0) is 23.5. The first kappa shape index (κ1) is 22.3. The number of fused-ring (bicyclic) bond motifs is 1. The maximum Gasteiger partial charge on any atom is 0.262 e. The third-order valence-corrected chi connectivity index (χ3v) is 5.45. The number of amides is 2. The van der Waals surface area contributed by atoms with Crippen LogP contribution in [0.1, 0.15) is 41.6 Å². The highest BCUT2D eigenvalue weighted by molar-refractivity contribution is 5.93. The number of nitrogens with one attached hydrogen (secondary N) is 2. The molecule has 2 amide bonds. The molecule has 0 spiro atoms. The van der Waals surface area contributed by atoms with E-state index in [-0.39, 0.29) is 30.9 Å². The lowest BCUT2D eigenvalue weighted by molar-refractivity contribution is -0.118. The van der Waals surface area contributed by atoms with Crippen LogP contribution in [0.2, 0.25) is 0 Å². The van der Waals surface area contributed by atoms with Gasteiger partial charge in [0.25, 0.3) is 5.91 Å². The maximum atomic E-state index is 12.6. The van der Waals surface area contributed by atoms with E-state index in [4.69, 9.17) is 9.47 Å². The van der Waals surface area contributed by atoms with E-state index in [9.17, 15) is 9.59 Å². The molecule has 9 nitrogen and oxygen atoms in total. The zero-order valence-electron chi connectivity index (χ0n) is 19.1. The monoisotopic (exact) mass is 449 g/mol. The maximum absolute atomic E-state index is 12.6. The molecule has 0 radical (unpaired) electrons. The lowest BCUT2D eigenvalue weighted by atomic mass is 10.0. The average Bonchev–Trinajstić information content (AvgIpc) is 3.23. The van der Waals surface area contributed by atoms with Crippen molar-refractivity contribution in [3.63, 3.8) is 0 Å². The normalized spacial score (nSPS) is 14.9. The number of benzene rings is 2. The largest absolute Gasteiger partial charge is 0.490 e. The summed E-state index contributed by atoms with van der Waals surface area (Å²) in [7, 11) is 0. The minimum atomic E-state index is -0.305. The fourth-order valence-corrected chi connectivity index (χ4v) is 4.08. The van der Waals surface area contributed by atoms with Gasteiger partial charge in [0.1, 0.15) is 6.33 Å². The number of nitrogens with zero attached hydrogens (tertiary/aromatic N) is 3. The summed E-state index contributed by atoms with van der Waals surface area (Å²) < 4.78 is 13.2. The summed E-state index contributed by atoms with van der Waals surface area (Å²) in [6.45, 7) is 8.09. The van der Waals surface area contributed by atoms with E-state index >= 15 is 0 Å². The molecule has 172 valence electrons. The molecule has 1 atom stereocenters. The van der Waals surface area contributed by atoms with Gasteiger partial charge < -0.3 is 14.8 Å². The topological polar surface area (TPSA) is 107 Å². The van der Waals surface area contributed by atoms with Crippen molar-refractivity contribution < 1.29 is 19.1 Å². The molecule has 4 rings (SSSR count). The van der Waals surface area contributed by atoms with E-state index in [1.807, 2.05) is 52.0 Å². The summed E-state index contributed by atoms with van der Waals surface area (Å²) in [5, 5.41) is 9.87. The smallest absolute Gasteiger partial charge is 0.262 e. The summed E-state index contributed by atoms with van der Waals surface area (Å²) in [6, 6.07) is 9.17. The van der Waals surface area contributed by atoms with Crippen molar-refractivity contribution in [1.29, 1.82) is 0 Å². The second-order valence-electron chi connectivity index (χ2n) is 8.05. The average molecular weight is 450 g/mol. The molecule has 0 bridgehead atoms. The SMILES string of the molecule is CCOc1cc([C@@H]2CC(=O)Nc3ncnn32)ccc1OCC(=O)Nc1c(C)cc(C)cc1C. The first-order chi connectivity index (χ1) is 15.9. The number of ether oxygens (including phenoxy) is 2. The van der Waals surface area contributed by atoms with Crippen LogP contribution >= 0.6 is 0 Å². The van der Waals surface area contributed by atoms with E-state index in [0.717, 1.165) is 27.9 Å². The molecule has 1 aliphatic heterocycles. The van der Waals surface area contributed by atoms with Crippen LogP contribution in [0.5, 0.6) is 11.5 Å². The number of carbonyl (C=O) groups excluding carboxylic acids is 2. The van der Waals surface area contributed by atoms with Gasteiger partial charge in [-0.1, -0.05) is 23.8 Å². The molecule has 0 saturated carbocycles. The van der Waals surface area contributed by atoms with Gasteiger partial charge in [-0.15, -0.1) is 0 Å². The van der Waals surface area contributed by atoms with Gasteiger partial charge >= 0.3 is 0 Å². The van der Waals surface area contributed by atoms with Crippen LogP contribution in [0.4, 0.5) is 11.6 Å². The van der Waals surface area contributed by atoms with Crippen molar-refractivity contribution in [1.82, 2.24) is 14.8 Å². The van der Waals surface area contributed by atoms with Gasteiger partial charge in [-0.05, 0) is 56.5 Å². The Hall–Kier alpha value is -3.88. The van der Waals surface area contributed by atoms with Crippen molar-refractivity contribution in [2.75, 3.05) is 23.8 Å². The number of carbonyl (C=O) groups is 2. The van der Waals surface area contributed by atoms with E-state index in [1.165, 1.54) is 6.33 Å². The molecule has 33 heavy (non-hydrogen) atoms. The van der Waals surface area contributed by atoms with Crippen LogP contribution < -0.4 is 20.1 Å². The minimum Gasteiger partial charge on any atom is -0.490 e. The van der Waals surface area contributed by atoms with Gasteiger partial charge in [-0.25, -0.2) is 4.68 Å².